The van der Waals surface area contributed by atoms with Gasteiger partial charge in [-0.05, 0) is 49.6 Å². The van der Waals surface area contributed by atoms with Crippen LogP contribution in [0, 0.1) is 0 Å². The molecular weight excluding hydrogens is 330 g/mol. The number of benzene rings is 1. The van der Waals surface area contributed by atoms with Crippen LogP contribution in [-0.2, 0) is 11.4 Å². The van der Waals surface area contributed by atoms with Gasteiger partial charge in [-0.1, -0.05) is 0 Å². The predicted octanol–water partition coefficient (Wildman–Crippen LogP) is 1.57. The molecule has 0 radical (unpaired) electrons. The normalized spacial score (nSPS) is 10.1. The molecule has 0 aliphatic carbocycles. The maximum absolute atomic E-state index is 10.5. The van der Waals surface area contributed by atoms with Crippen LogP contribution < -0.4 is 10.5 Å². The first-order valence-corrected chi connectivity index (χ1v) is 5.63. The maximum Gasteiger partial charge on any atom is 0.255 e. The minimum atomic E-state index is -0.542. The number of carbonyl (C=O) groups excluding carboxylic acids is 1. The summed E-state index contributed by atoms with van der Waals surface area (Å²) in [7, 11) is 0. The van der Waals surface area contributed by atoms with Gasteiger partial charge >= 0.3 is 0 Å². The number of aliphatic hydroxyl groups is 1. The number of hydrogen-bond acceptors (Lipinski definition) is 3. The van der Waals surface area contributed by atoms with E-state index in [1.807, 2.05) is 0 Å². The molecule has 0 aromatic heterocycles. The van der Waals surface area contributed by atoms with Crippen LogP contribution in [0.3, 0.4) is 0 Å². The van der Waals surface area contributed by atoms with Crippen LogP contribution in [0.25, 0.3) is 0 Å². The quantitative estimate of drug-likeness (QED) is 0.875. The minimum absolute atomic E-state index is 0.0622. The number of nitrogens with two attached hydrogens (primary N) is 1. The highest BCUT2D eigenvalue weighted by Gasteiger charge is 2.09. The molecule has 1 aromatic carbocycles. The average molecular weight is 339 g/mol. The first kappa shape index (κ1) is 12.5. The molecule has 0 saturated carbocycles. The molecule has 0 saturated heterocycles. The number of carbonyl (C=O) groups is 1. The van der Waals surface area contributed by atoms with Crippen LogP contribution in [-0.4, -0.2) is 17.6 Å². The van der Waals surface area contributed by atoms with E-state index in [-0.39, 0.29) is 13.2 Å². The number of rotatable bonds is 4. The third-order valence-electron chi connectivity index (χ3n) is 1.60. The van der Waals surface area contributed by atoms with Crippen molar-refractivity contribution in [3.8, 4) is 5.75 Å². The van der Waals surface area contributed by atoms with Crippen molar-refractivity contribution in [2.24, 2.45) is 5.73 Å². The summed E-state index contributed by atoms with van der Waals surface area (Å²) in [5.74, 6) is -0.0500. The van der Waals surface area contributed by atoms with Crippen LogP contribution in [0.4, 0.5) is 0 Å². The molecule has 0 aliphatic rings. The highest BCUT2D eigenvalue weighted by molar-refractivity contribution is 9.11. The SMILES string of the molecule is NC(=O)COc1c(Br)cc(CO)cc1Br. The second kappa shape index (κ2) is 5.48. The van der Waals surface area contributed by atoms with Gasteiger partial charge in [0.05, 0.1) is 15.6 Å². The number of aliphatic hydroxyl groups excluding tert-OH is 1. The van der Waals surface area contributed by atoms with Crippen molar-refractivity contribution in [2.45, 2.75) is 6.61 Å². The molecule has 0 fully saturated rings. The summed E-state index contributed by atoms with van der Waals surface area (Å²) < 4.78 is 6.49. The number of primary amides is 1. The smallest absolute Gasteiger partial charge is 0.255 e. The van der Waals surface area contributed by atoms with Crippen molar-refractivity contribution in [1.29, 1.82) is 0 Å². The first-order valence-electron chi connectivity index (χ1n) is 4.04. The van der Waals surface area contributed by atoms with Gasteiger partial charge in [-0.25, -0.2) is 0 Å². The molecule has 1 rings (SSSR count). The van der Waals surface area contributed by atoms with Crippen LogP contribution in [0.5, 0.6) is 5.75 Å². The summed E-state index contributed by atoms with van der Waals surface area (Å²) >= 11 is 6.54. The lowest BCUT2D eigenvalue weighted by molar-refractivity contribution is -0.119. The molecule has 0 bridgehead atoms. The highest BCUT2D eigenvalue weighted by Crippen LogP contribution is 2.34. The summed E-state index contributed by atoms with van der Waals surface area (Å²) in [5.41, 5.74) is 5.70. The van der Waals surface area contributed by atoms with Crippen molar-refractivity contribution < 1.29 is 14.6 Å². The van der Waals surface area contributed by atoms with Gasteiger partial charge in [0.25, 0.3) is 5.91 Å². The van der Waals surface area contributed by atoms with Gasteiger partial charge in [0.15, 0.2) is 6.61 Å². The lowest BCUT2D eigenvalue weighted by atomic mass is 10.2. The molecule has 0 aliphatic heterocycles. The molecule has 0 spiro atoms. The lowest BCUT2D eigenvalue weighted by Gasteiger charge is -2.10. The van der Waals surface area contributed by atoms with E-state index in [1.54, 1.807) is 12.1 Å². The van der Waals surface area contributed by atoms with E-state index in [2.05, 4.69) is 31.9 Å². The van der Waals surface area contributed by atoms with E-state index in [9.17, 15) is 4.79 Å². The van der Waals surface area contributed by atoms with Crippen molar-refractivity contribution in [3.05, 3.63) is 26.6 Å². The summed E-state index contributed by atoms with van der Waals surface area (Å²) in [6, 6.07) is 3.42. The maximum atomic E-state index is 10.5. The largest absolute Gasteiger partial charge is 0.481 e. The zero-order valence-corrected chi connectivity index (χ0v) is 10.8. The number of ether oxygens (including phenoxy) is 1. The van der Waals surface area contributed by atoms with Crippen LogP contribution >= 0.6 is 31.9 Å². The minimum Gasteiger partial charge on any atom is -0.481 e. The summed E-state index contributed by atoms with van der Waals surface area (Å²) in [5, 5.41) is 8.94. The van der Waals surface area contributed by atoms with Crippen molar-refractivity contribution in [1.82, 2.24) is 0 Å². The van der Waals surface area contributed by atoms with E-state index in [0.29, 0.717) is 14.7 Å². The van der Waals surface area contributed by atoms with Crippen molar-refractivity contribution >= 4 is 37.8 Å². The van der Waals surface area contributed by atoms with Gasteiger partial charge in [0.2, 0.25) is 0 Å². The van der Waals surface area contributed by atoms with Gasteiger partial charge < -0.3 is 15.6 Å². The van der Waals surface area contributed by atoms with Gasteiger partial charge in [0, 0.05) is 0 Å². The van der Waals surface area contributed by atoms with E-state index in [0.717, 1.165) is 5.56 Å². The van der Waals surface area contributed by atoms with Crippen LogP contribution in [0.15, 0.2) is 21.1 Å². The Hall–Kier alpha value is -0.590. The van der Waals surface area contributed by atoms with Crippen molar-refractivity contribution in [3.63, 3.8) is 0 Å². The third kappa shape index (κ3) is 3.48. The molecule has 0 unspecified atom stereocenters. The van der Waals surface area contributed by atoms with E-state index >= 15 is 0 Å². The van der Waals surface area contributed by atoms with Gasteiger partial charge in [-0.15, -0.1) is 0 Å². The first-order chi connectivity index (χ1) is 7.04. The Kier molecular flexibility index (Phi) is 4.56. The fourth-order valence-electron chi connectivity index (χ4n) is 0.985. The zero-order valence-electron chi connectivity index (χ0n) is 7.67. The Morgan fingerprint density at radius 1 is 1.40 bits per heavy atom. The standard InChI is InChI=1S/C9H9Br2NO3/c10-6-1-5(3-13)2-7(11)9(6)15-4-8(12)14/h1-2,13H,3-4H2,(H2,12,14). The summed E-state index contributed by atoms with van der Waals surface area (Å²) in [6.45, 7) is -0.247. The second-order valence-electron chi connectivity index (χ2n) is 2.80. The summed E-state index contributed by atoms with van der Waals surface area (Å²) in [4.78, 5) is 10.5. The molecule has 3 N–H and O–H groups in total. The molecule has 0 heterocycles. The second-order valence-corrected chi connectivity index (χ2v) is 4.51. The Labute approximate surface area is 104 Å². The van der Waals surface area contributed by atoms with Crippen LogP contribution in [0.1, 0.15) is 5.56 Å². The number of halogens is 2. The third-order valence-corrected chi connectivity index (χ3v) is 2.78. The Balaban J connectivity index is 2.92. The fourth-order valence-corrected chi connectivity index (χ4v) is 2.50. The molecule has 0 atom stereocenters. The number of amides is 1. The van der Waals surface area contributed by atoms with Gasteiger partial charge in [0.1, 0.15) is 5.75 Å². The molecule has 15 heavy (non-hydrogen) atoms. The van der Waals surface area contributed by atoms with E-state index in [4.69, 9.17) is 15.6 Å². The molecular formula is C9H9Br2NO3. The van der Waals surface area contributed by atoms with E-state index in [1.165, 1.54) is 0 Å². The van der Waals surface area contributed by atoms with Crippen molar-refractivity contribution in [2.75, 3.05) is 6.61 Å². The molecule has 82 valence electrons. The van der Waals surface area contributed by atoms with Gasteiger partial charge in [-0.2, -0.15) is 0 Å². The zero-order chi connectivity index (χ0) is 11.4. The molecule has 1 aromatic rings. The van der Waals surface area contributed by atoms with E-state index < -0.39 is 5.91 Å². The molecule has 4 nitrogen and oxygen atoms in total. The Bertz CT molecular complexity index is 359. The monoisotopic (exact) mass is 337 g/mol. The average Bonchev–Trinajstić information content (AvgIpc) is 2.15. The topological polar surface area (TPSA) is 72.6 Å². The molecule has 1 amide bonds. The lowest BCUT2D eigenvalue weighted by Crippen LogP contribution is -2.20. The molecule has 6 heteroatoms. The van der Waals surface area contributed by atoms with Crippen LogP contribution in [0.2, 0.25) is 0 Å². The Morgan fingerprint density at radius 3 is 2.33 bits per heavy atom. The Morgan fingerprint density at radius 2 is 1.93 bits per heavy atom. The summed E-state index contributed by atoms with van der Waals surface area (Å²) in [6.07, 6.45) is 0. The predicted molar refractivity (Wildman–Crippen MR) is 62.5 cm³/mol. The number of hydrogen-bond donors (Lipinski definition) is 2. The fraction of sp³-hybridized carbons (Fsp3) is 0.222. The highest BCUT2D eigenvalue weighted by atomic mass is 79.9. The van der Waals surface area contributed by atoms with Gasteiger partial charge in [-0.3, -0.25) is 4.79 Å².